The van der Waals surface area contributed by atoms with Crippen LogP contribution in [-0.2, 0) is 19.4 Å². The van der Waals surface area contributed by atoms with Crippen molar-refractivity contribution in [2.45, 2.75) is 33.2 Å². The summed E-state index contributed by atoms with van der Waals surface area (Å²) in [4.78, 5) is 4.68. The predicted molar refractivity (Wildman–Crippen MR) is 129 cm³/mol. The number of halogens is 1. The van der Waals surface area contributed by atoms with Gasteiger partial charge in [0.2, 0.25) is 0 Å². The van der Waals surface area contributed by atoms with Crippen LogP contribution in [0.15, 0.2) is 23.5 Å². The molecule has 0 saturated carbocycles. The van der Waals surface area contributed by atoms with Gasteiger partial charge in [0.1, 0.15) is 29.4 Å². The van der Waals surface area contributed by atoms with Crippen LogP contribution in [0.25, 0.3) is 0 Å². The molecule has 2 rings (SSSR count). The van der Waals surface area contributed by atoms with Crippen LogP contribution < -0.4 is 24.8 Å². The van der Waals surface area contributed by atoms with Gasteiger partial charge in [-0.2, -0.15) is 0 Å². The Morgan fingerprint density at radius 2 is 1.77 bits per heavy atom. The second-order valence-electron chi connectivity index (χ2n) is 6.24. The lowest BCUT2D eigenvalue weighted by molar-refractivity contribution is 0.369. The maximum Gasteiger partial charge on any atom is 0.191 e. The van der Waals surface area contributed by atoms with E-state index in [2.05, 4.69) is 32.7 Å². The Hall–Kier alpha value is -2.24. The summed E-state index contributed by atoms with van der Waals surface area (Å²) < 4.78 is 18.4. The Morgan fingerprint density at radius 3 is 2.33 bits per heavy atom. The number of methoxy groups -OCH3 is 3. The van der Waals surface area contributed by atoms with E-state index in [0.717, 1.165) is 54.9 Å². The lowest BCUT2D eigenvalue weighted by Crippen LogP contribution is -2.39. The first-order chi connectivity index (χ1) is 14.2. The molecule has 0 amide bonds. The van der Waals surface area contributed by atoms with Crippen LogP contribution in [0.5, 0.6) is 17.2 Å². The zero-order valence-electron chi connectivity index (χ0n) is 18.4. The first-order valence-electron chi connectivity index (χ1n) is 9.84. The number of hydrogen-bond acceptors (Lipinski definition) is 6. The van der Waals surface area contributed by atoms with Gasteiger partial charge in [0.05, 0.1) is 21.3 Å². The highest BCUT2D eigenvalue weighted by molar-refractivity contribution is 14.0. The number of hydrogen-bond donors (Lipinski definition) is 2. The maximum atomic E-state index is 5.51. The molecule has 0 radical (unpaired) electrons. The zero-order valence-corrected chi connectivity index (χ0v) is 20.7. The molecule has 0 spiro atoms. The summed E-state index contributed by atoms with van der Waals surface area (Å²) >= 11 is 0. The van der Waals surface area contributed by atoms with Gasteiger partial charge >= 0.3 is 0 Å². The second kappa shape index (κ2) is 13.9. The summed E-state index contributed by atoms with van der Waals surface area (Å²) in [5, 5.41) is 14.7. The highest BCUT2D eigenvalue weighted by Gasteiger charge is 2.13. The summed E-state index contributed by atoms with van der Waals surface area (Å²) in [6.07, 6.45) is 3.30. The molecule has 1 heterocycles. The molecule has 0 aliphatic carbocycles. The Kier molecular flexibility index (Phi) is 11.9. The summed E-state index contributed by atoms with van der Waals surface area (Å²) in [6, 6.07) is 3.71. The van der Waals surface area contributed by atoms with E-state index in [-0.39, 0.29) is 24.0 Å². The van der Waals surface area contributed by atoms with Crippen LogP contribution >= 0.6 is 24.0 Å². The monoisotopic (exact) mass is 532 g/mol. The number of aryl methyl sites for hydroxylation is 1. The zero-order chi connectivity index (χ0) is 21.1. The number of rotatable bonds is 11. The molecule has 2 aromatic rings. The smallest absolute Gasteiger partial charge is 0.191 e. The Morgan fingerprint density at radius 1 is 1.07 bits per heavy atom. The Balaban J connectivity index is 0.00000450. The molecule has 2 N–H and O–H groups in total. The average molecular weight is 532 g/mol. The average Bonchev–Trinajstić information content (AvgIpc) is 3.20. The highest BCUT2D eigenvalue weighted by atomic mass is 127. The van der Waals surface area contributed by atoms with Gasteiger partial charge in [-0.15, -0.1) is 34.2 Å². The summed E-state index contributed by atoms with van der Waals surface area (Å²) in [5.74, 6) is 3.90. The van der Waals surface area contributed by atoms with Crippen LogP contribution in [0.2, 0.25) is 0 Å². The molecule has 1 aromatic carbocycles. The molecule has 9 nitrogen and oxygen atoms in total. The predicted octanol–water partition coefficient (Wildman–Crippen LogP) is 2.28. The van der Waals surface area contributed by atoms with Crippen molar-refractivity contribution in [2.75, 3.05) is 41.0 Å². The summed E-state index contributed by atoms with van der Waals surface area (Å²) in [7, 11) is 4.90. The fraction of sp³-hybridized carbons (Fsp3) is 0.550. The van der Waals surface area contributed by atoms with Crippen molar-refractivity contribution in [1.82, 2.24) is 25.4 Å². The lowest BCUT2D eigenvalue weighted by Gasteiger charge is -2.15. The molecule has 0 bridgehead atoms. The molecule has 0 saturated heterocycles. The third-order valence-electron chi connectivity index (χ3n) is 4.45. The number of nitrogens with zero attached hydrogens (tertiary/aromatic N) is 4. The molecule has 10 heteroatoms. The number of aliphatic imine (C=N–C) groups is 1. The molecular weight excluding hydrogens is 499 g/mol. The van der Waals surface area contributed by atoms with E-state index in [4.69, 9.17) is 14.2 Å². The van der Waals surface area contributed by atoms with Gasteiger partial charge in [0.25, 0.3) is 0 Å². The fourth-order valence-electron chi connectivity index (χ4n) is 2.98. The third kappa shape index (κ3) is 7.22. The number of guanidine groups is 1. The SMILES string of the molecule is CCNC(=NCCc1c(OC)cc(OC)cc1OC)NCCn1cnnc1CC.I. The van der Waals surface area contributed by atoms with Crippen molar-refractivity contribution in [3.63, 3.8) is 0 Å². The van der Waals surface area contributed by atoms with Gasteiger partial charge in [0.15, 0.2) is 5.96 Å². The van der Waals surface area contributed by atoms with Crippen molar-refractivity contribution in [3.8, 4) is 17.2 Å². The first-order valence-corrected chi connectivity index (χ1v) is 9.84. The normalized spacial score (nSPS) is 10.9. The van der Waals surface area contributed by atoms with Crippen LogP contribution in [0.4, 0.5) is 0 Å². The highest BCUT2D eigenvalue weighted by Crippen LogP contribution is 2.34. The minimum atomic E-state index is 0. The summed E-state index contributed by atoms with van der Waals surface area (Å²) in [6.45, 7) is 6.99. The topological polar surface area (TPSA) is 94.8 Å². The second-order valence-corrected chi connectivity index (χ2v) is 6.24. The van der Waals surface area contributed by atoms with Crippen LogP contribution in [-0.4, -0.2) is 61.7 Å². The molecule has 1 aromatic heterocycles. The molecule has 0 unspecified atom stereocenters. The minimum absolute atomic E-state index is 0. The number of benzene rings is 1. The molecule has 30 heavy (non-hydrogen) atoms. The van der Waals surface area contributed by atoms with Crippen molar-refractivity contribution in [2.24, 2.45) is 4.99 Å². The molecular formula is C20H33IN6O3. The largest absolute Gasteiger partial charge is 0.496 e. The van der Waals surface area contributed by atoms with Gasteiger partial charge in [-0.3, -0.25) is 4.99 Å². The first kappa shape index (κ1) is 25.8. The lowest BCUT2D eigenvalue weighted by atomic mass is 10.1. The van der Waals surface area contributed by atoms with E-state index >= 15 is 0 Å². The van der Waals surface area contributed by atoms with E-state index in [1.54, 1.807) is 27.7 Å². The van der Waals surface area contributed by atoms with E-state index in [1.807, 2.05) is 23.6 Å². The number of aromatic nitrogens is 3. The molecule has 0 aliphatic rings. The van der Waals surface area contributed by atoms with Gasteiger partial charge < -0.3 is 29.4 Å². The quantitative estimate of drug-likeness (QED) is 0.261. The van der Waals surface area contributed by atoms with Crippen molar-refractivity contribution in [1.29, 1.82) is 0 Å². The Labute approximate surface area is 195 Å². The van der Waals surface area contributed by atoms with Gasteiger partial charge in [-0.05, 0) is 13.3 Å². The Bertz CT molecular complexity index is 772. The number of ether oxygens (including phenoxy) is 3. The van der Waals surface area contributed by atoms with Gasteiger partial charge in [-0.25, -0.2) is 0 Å². The maximum absolute atomic E-state index is 5.51. The van der Waals surface area contributed by atoms with E-state index < -0.39 is 0 Å². The van der Waals surface area contributed by atoms with Crippen LogP contribution in [0, 0.1) is 0 Å². The molecule has 0 atom stereocenters. The standard InChI is InChI=1S/C20H32N6O3.HI/c1-6-19-25-24-14-26(19)11-10-23-20(21-7-2)22-9-8-16-17(28-4)12-15(27-3)13-18(16)29-5;/h12-14H,6-11H2,1-5H3,(H2,21,22,23);1H. The van der Waals surface area contributed by atoms with Crippen LogP contribution in [0.1, 0.15) is 25.2 Å². The van der Waals surface area contributed by atoms with Crippen molar-refractivity contribution < 1.29 is 14.2 Å². The van der Waals surface area contributed by atoms with Crippen LogP contribution in [0.3, 0.4) is 0 Å². The van der Waals surface area contributed by atoms with Gasteiger partial charge in [-0.1, -0.05) is 6.92 Å². The summed E-state index contributed by atoms with van der Waals surface area (Å²) in [5.41, 5.74) is 0.965. The van der Waals surface area contributed by atoms with E-state index in [1.165, 1.54) is 0 Å². The minimum Gasteiger partial charge on any atom is -0.496 e. The molecule has 0 aliphatic heterocycles. The van der Waals surface area contributed by atoms with Crippen molar-refractivity contribution >= 4 is 29.9 Å². The molecule has 168 valence electrons. The fourth-order valence-corrected chi connectivity index (χ4v) is 2.98. The van der Waals surface area contributed by atoms with Crippen molar-refractivity contribution in [3.05, 3.63) is 29.8 Å². The third-order valence-corrected chi connectivity index (χ3v) is 4.45. The van der Waals surface area contributed by atoms with E-state index in [9.17, 15) is 0 Å². The van der Waals surface area contributed by atoms with Gasteiger partial charge in [0, 0.05) is 50.3 Å². The van der Waals surface area contributed by atoms with E-state index in [0.29, 0.717) is 18.7 Å². The molecule has 0 fully saturated rings. The number of nitrogens with one attached hydrogen (secondary N) is 2.